The maximum Gasteiger partial charge on any atom is 0.150 e. The fraction of sp³-hybridized carbons (Fsp3) is 0.143. The number of anilines is 1. The quantitative estimate of drug-likeness (QED) is 0.792. The Morgan fingerprint density at radius 2 is 2.00 bits per heavy atom. The van der Waals surface area contributed by atoms with E-state index >= 15 is 0 Å². The van der Waals surface area contributed by atoms with Crippen LogP contribution in [0.2, 0.25) is 5.02 Å². The summed E-state index contributed by atoms with van der Waals surface area (Å²) in [5.41, 5.74) is 2.64. The van der Waals surface area contributed by atoms with Gasteiger partial charge in [-0.25, -0.2) is 0 Å². The minimum Gasteiger partial charge on any atom is -0.369 e. The van der Waals surface area contributed by atoms with Gasteiger partial charge in [-0.1, -0.05) is 11.6 Å². The molecule has 92 valence electrons. The molecule has 0 radical (unpaired) electrons. The van der Waals surface area contributed by atoms with Crippen LogP contribution in [0.5, 0.6) is 0 Å². The molecule has 0 amide bonds. The van der Waals surface area contributed by atoms with Crippen molar-refractivity contribution < 1.29 is 4.79 Å². The third kappa shape index (κ3) is 2.87. The van der Waals surface area contributed by atoms with Gasteiger partial charge in [0.25, 0.3) is 0 Å². The highest BCUT2D eigenvalue weighted by molar-refractivity contribution is 6.33. The first-order valence-corrected chi connectivity index (χ1v) is 5.93. The summed E-state index contributed by atoms with van der Waals surface area (Å²) >= 11 is 6.16. The van der Waals surface area contributed by atoms with Crippen LogP contribution in [0.15, 0.2) is 42.7 Å². The van der Waals surface area contributed by atoms with Gasteiger partial charge in [-0.2, -0.15) is 0 Å². The van der Waals surface area contributed by atoms with Gasteiger partial charge in [-0.3, -0.25) is 9.78 Å². The largest absolute Gasteiger partial charge is 0.369 e. The summed E-state index contributed by atoms with van der Waals surface area (Å²) in [6.07, 6.45) is 4.32. The maximum atomic E-state index is 10.7. The van der Waals surface area contributed by atoms with E-state index in [2.05, 4.69) is 4.98 Å². The summed E-state index contributed by atoms with van der Waals surface area (Å²) in [5, 5.41) is 0.580. The first-order chi connectivity index (χ1) is 8.70. The van der Waals surface area contributed by atoms with Crippen molar-refractivity contribution >= 4 is 23.6 Å². The highest BCUT2D eigenvalue weighted by Crippen LogP contribution is 2.26. The summed E-state index contributed by atoms with van der Waals surface area (Å²) in [5.74, 6) is 0. The molecule has 0 aliphatic heterocycles. The summed E-state index contributed by atoms with van der Waals surface area (Å²) in [7, 11) is 1.96. The number of carbonyl (C=O) groups excluding carboxylic acids is 1. The lowest BCUT2D eigenvalue weighted by Gasteiger charge is -2.20. The van der Waals surface area contributed by atoms with Crippen molar-refractivity contribution in [2.75, 3.05) is 11.9 Å². The Balaban J connectivity index is 2.19. The topological polar surface area (TPSA) is 33.2 Å². The van der Waals surface area contributed by atoms with E-state index in [1.807, 2.05) is 30.1 Å². The monoisotopic (exact) mass is 260 g/mol. The summed E-state index contributed by atoms with van der Waals surface area (Å²) in [6.45, 7) is 0.739. The molecule has 0 aliphatic carbocycles. The number of benzene rings is 1. The number of nitrogens with zero attached hydrogens (tertiary/aromatic N) is 2. The van der Waals surface area contributed by atoms with Crippen LogP contribution in [0.1, 0.15) is 15.9 Å². The summed E-state index contributed by atoms with van der Waals surface area (Å²) in [4.78, 5) is 16.7. The van der Waals surface area contributed by atoms with Crippen LogP contribution in [0.4, 0.5) is 5.69 Å². The summed E-state index contributed by atoms with van der Waals surface area (Å²) < 4.78 is 0. The molecule has 0 atom stereocenters. The zero-order chi connectivity index (χ0) is 13.0. The van der Waals surface area contributed by atoms with Crippen molar-refractivity contribution in [2.24, 2.45) is 0 Å². The van der Waals surface area contributed by atoms with Gasteiger partial charge in [-0.05, 0) is 35.9 Å². The lowest BCUT2D eigenvalue weighted by atomic mass is 10.2. The van der Waals surface area contributed by atoms with E-state index in [1.165, 1.54) is 0 Å². The molecule has 0 bridgehead atoms. The number of hydrogen-bond acceptors (Lipinski definition) is 3. The fourth-order valence-corrected chi connectivity index (χ4v) is 2.09. The van der Waals surface area contributed by atoms with Crippen molar-refractivity contribution in [3.8, 4) is 0 Å². The average Bonchev–Trinajstić information content (AvgIpc) is 2.39. The number of carbonyl (C=O) groups is 1. The third-order valence-electron chi connectivity index (χ3n) is 2.69. The number of halogens is 1. The molecule has 4 heteroatoms. The Morgan fingerprint density at radius 1 is 1.28 bits per heavy atom. The first kappa shape index (κ1) is 12.6. The van der Waals surface area contributed by atoms with Crippen LogP contribution in [0.25, 0.3) is 0 Å². The molecule has 0 unspecified atom stereocenters. The molecule has 0 spiro atoms. The Kier molecular flexibility index (Phi) is 3.95. The Bertz CT molecular complexity index is 543. The van der Waals surface area contributed by atoms with E-state index in [-0.39, 0.29) is 0 Å². The predicted octanol–water partition coefficient (Wildman–Crippen LogP) is 3.18. The van der Waals surface area contributed by atoms with Gasteiger partial charge in [-0.15, -0.1) is 0 Å². The van der Waals surface area contributed by atoms with Crippen molar-refractivity contribution in [3.63, 3.8) is 0 Å². The van der Waals surface area contributed by atoms with Gasteiger partial charge in [0, 0.05) is 31.5 Å². The molecule has 0 fully saturated rings. The second-order valence-electron chi connectivity index (χ2n) is 4.04. The maximum absolute atomic E-state index is 10.7. The lowest BCUT2D eigenvalue weighted by molar-refractivity contribution is 0.112. The second-order valence-corrected chi connectivity index (χ2v) is 4.45. The van der Waals surface area contributed by atoms with Gasteiger partial charge in [0.1, 0.15) is 6.29 Å². The van der Waals surface area contributed by atoms with E-state index < -0.39 is 0 Å². The Labute approximate surface area is 111 Å². The number of rotatable bonds is 4. The Morgan fingerprint density at radius 3 is 2.61 bits per heavy atom. The van der Waals surface area contributed by atoms with Crippen molar-refractivity contribution in [3.05, 3.63) is 58.9 Å². The standard InChI is InChI=1S/C14H13ClN2O/c1-17(9-11-4-6-16-7-5-11)14-3-2-12(10-18)8-13(14)15/h2-8,10H,9H2,1H3. The smallest absolute Gasteiger partial charge is 0.150 e. The third-order valence-corrected chi connectivity index (χ3v) is 2.99. The molecule has 2 aromatic rings. The van der Waals surface area contributed by atoms with Crippen LogP contribution < -0.4 is 4.90 Å². The molecule has 1 aromatic carbocycles. The SMILES string of the molecule is CN(Cc1ccncc1)c1ccc(C=O)cc1Cl. The number of hydrogen-bond donors (Lipinski definition) is 0. The minimum absolute atomic E-state index is 0.580. The number of aromatic nitrogens is 1. The molecule has 3 nitrogen and oxygen atoms in total. The van der Waals surface area contributed by atoms with E-state index in [1.54, 1.807) is 24.5 Å². The summed E-state index contributed by atoms with van der Waals surface area (Å²) in [6, 6.07) is 9.21. The van der Waals surface area contributed by atoms with Gasteiger partial charge in [0.2, 0.25) is 0 Å². The normalized spacial score (nSPS) is 10.1. The Hall–Kier alpha value is -1.87. The van der Waals surface area contributed by atoms with E-state index in [9.17, 15) is 4.79 Å². The molecule has 0 N–H and O–H groups in total. The van der Waals surface area contributed by atoms with Crippen LogP contribution >= 0.6 is 11.6 Å². The van der Waals surface area contributed by atoms with Crippen LogP contribution in [-0.4, -0.2) is 18.3 Å². The first-order valence-electron chi connectivity index (χ1n) is 5.55. The fourth-order valence-electron chi connectivity index (χ4n) is 1.75. The molecule has 0 saturated heterocycles. The second kappa shape index (κ2) is 5.65. The number of aldehydes is 1. The van der Waals surface area contributed by atoms with Crippen LogP contribution in [0, 0.1) is 0 Å². The number of pyridine rings is 1. The predicted molar refractivity (Wildman–Crippen MR) is 73.2 cm³/mol. The molecule has 1 aromatic heterocycles. The van der Waals surface area contributed by atoms with E-state index in [0.29, 0.717) is 10.6 Å². The van der Waals surface area contributed by atoms with E-state index in [4.69, 9.17) is 11.6 Å². The van der Waals surface area contributed by atoms with Crippen LogP contribution in [-0.2, 0) is 6.54 Å². The van der Waals surface area contributed by atoms with Crippen molar-refractivity contribution in [1.82, 2.24) is 4.98 Å². The lowest BCUT2D eigenvalue weighted by Crippen LogP contribution is -2.16. The molecule has 1 heterocycles. The molecule has 0 saturated carbocycles. The van der Waals surface area contributed by atoms with Crippen molar-refractivity contribution in [1.29, 1.82) is 0 Å². The molecule has 2 rings (SSSR count). The zero-order valence-corrected chi connectivity index (χ0v) is 10.8. The van der Waals surface area contributed by atoms with Gasteiger partial charge in [0.15, 0.2) is 0 Å². The molecular formula is C14H13ClN2O. The minimum atomic E-state index is 0.580. The van der Waals surface area contributed by atoms with Gasteiger partial charge in [0.05, 0.1) is 10.7 Å². The van der Waals surface area contributed by atoms with Crippen LogP contribution in [0.3, 0.4) is 0 Å². The van der Waals surface area contributed by atoms with Crippen molar-refractivity contribution in [2.45, 2.75) is 6.54 Å². The molecular weight excluding hydrogens is 248 g/mol. The van der Waals surface area contributed by atoms with E-state index in [0.717, 1.165) is 24.1 Å². The average molecular weight is 261 g/mol. The highest BCUT2D eigenvalue weighted by Gasteiger charge is 2.07. The van der Waals surface area contributed by atoms with Gasteiger partial charge >= 0.3 is 0 Å². The highest BCUT2D eigenvalue weighted by atomic mass is 35.5. The molecule has 18 heavy (non-hydrogen) atoms. The zero-order valence-electron chi connectivity index (χ0n) is 10.0. The van der Waals surface area contributed by atoms with Gasteiger partial charge < -0.3 is 4.90 Å². The molecule has 0 aliphatic rings.